The topological polar surface area (TPSA) is 32.7 Å². The number of benzene rings is 1. The van der Waals surface area contributed by atoms with Crippen LogP contribution >= 0.6 is 11.6 Å². The van der Waals surface area contributed by atoms with Gasteiger partial charge in [0, 0.05) is 13.1 Å². The van der Waals surface area contributed by atoms with Gasteiger partial charge >= 0.3 is 0 Å². The normalized spacial score (nSPS) is 13.3. The van der Waals surface area contributed by atoms with Crippen LogP contribution in [-0.4, -0.2) is 42.4 Å². The maximum absolute atomic E-state index is 13.3. The van der Waals surface area contributed by atoms with E-state index in [9.17, 15) is 9.50 Å². The molecule has 3 nitrogen and oxygen atoms in total. The summed E-state index contributed by atoms with van der Waals surface area (Å²) in [5.41, 5.74) is 0.821. The van der Waals surface area contributed by atoms with E-state index in [1.54, 1.807) is 12.1 Å². The van der Waals surface area contributed by atoms with Crippen LogP contribution in [0.15, 0.2) is 18.2 Å². The van der Waals surface area contributed by atoms with Crippen molar-refractivity contribution < 1.29 is 14.2 Å². The molecule has 108 valence electrons. The van der Waals surface area contributed by atoms with Gasteiger partial charge in [-0.3, -0.25) is 4.90 Å². The van der Waals surface area contributed by atoms with Crippen LogP contribution in [0.5, 0.6) is 0 Å². The van der Waals surface area contributed by atoms with Crippen molar-refractivity contribution in [2.24, 2.45) is 0 Å². The Morgan fingerprint density at radius 1 is 1.42 bits per heavy atom. The summed E-state index contributed by atoms with van der Waals surface area (Å²) in [6, 6.07) is 4.73. The molecular formula is C14H21ClFNO2. The van der Waals surface area contributed by atoms with Crippen LogP contribution in [-0.2, 0) is 11.3 Å². The van der Waals surface area contributed by atoms with Crippen LogP contribution < -0.4 is 0 Å². The lowest BCUT2D eigenvalue weighted by atomic mass is 10.2. The molecule has 1 atom stereocenters. The van der Waals surface area contributed by atoms with Crippen LogP contribution in [0, 0.1) is 5.82 Å². The van der Waals surface area contributed by atoms with E-state index in [1.807, 2.05) is 25.8 Å². The maximum Gasteiger partial charge on any atom is 0.142 e. The van der Waals surface area contributed by atoms with E-state index in [1.165, 1.54) is 6.07 Å². The highest BCUT2D eigenvalue weighted by Gasteiger charge is 2.10. The molecule has 0 amide bonds. The second kappa shape index (κ2) is 7.80. The minimum absolute atomic E-state index is 0.102. The van der Waals surface area contributed by atoms with E-state index in [0.29, 0.717) is 19.7 Å². The van der Waals surface area contributed by atoms with E-state index >= 15 is 0 Å². The number of halogens is 2. The minimum atomic E-state index is -0.551. The third-order valence-electron chi connectivity index (χ3n) is 2.58. The quantitative estimate of drug-likeness (QED) is 0.838. The maximum atomic E-state index is 13.3. The number of hydrogen-bond donors (Lipinski definition) is 1. The lowest BCUT2D eigenvalue weighted by Gasteiger charge is -2.21. The van der Waals surface area contributed by atoms with E-state index in [2.05, 4.69) is 0 Å². The third kappa shape index (κ3) is 6.34. The van der Waals surface area contributed by atoms with Gasteiger partial charge in [0.05, 0.1) is 23.8 Å². The molecule has 0 heterocycles. The Balaban J connectivity index is 2.41. The van der Waals surface area contributed by atoms with Crippen molar-refractivity contribution in [3.8, 4) is 0 Å². The highest BCUT2D eigenvalue weighted by atomic mass is 35.5. The van der Waals surface area contributed by atoms with Gasteiger partial charge in [0.1, 0.15) is 5.82 Å². The van der Waals surface area contributed by atoms with Crippen molar-refractivity contribution in [2.45, 2.75) is 32.6 Å². The number of aliphatic hydroxyl groups excluding tert-OH is 1. The average molecular weight is 290 g/mol. The molecule has 0 fully saturated rings. The monoisotopic (exact) mass is 289 g/mol. The van der Waals surface area contributed by atoms with E-state index in [-0.39, 0.29) is 11.1 Å². The van der Waals surface area contributed by atoms with E-state index in [4.69, 9.17) is 16.3 Å². The lowest BCUT2D eigenvalue weighted by molar-refractivity contribution is -0.00635. The highest BCUT2D eigenvalue weighted by Crippen LogP contribution is 2.16. The molecular weight excluding hydrogens is 269 g/mol. The van der Waals surface area contributed by atoms with Crippen LogP contribution in [0.4, 0.5) is 4.39 Å². The molecule has 0 bridgehead atoms. The molecule has 1 aromatic carbocycles. The minimum Gasteiger partial charge on any atom is -0.389 e. The molecule has 0 saturated carbocycles. The number of hydrogen-bond acceptors (Lipinski definition) is 3. The molecule has 1 unspecified atom stereocenters. The zero-order valence-corrected chi connectivity index (χ0v) is 12.3. The van der Waals surface area contributed by atoms with Crippen LogP contribution in [0.1, 0.15) is 19.4 Å². The number of ether oxygens (including phenoxy) is 1. The molecule has 0 radical (unpaired) electrons. The fourth-order valence-corrected chi connectivity index (χ4v) is 1.85. The molecule has 0 aliphatic heterocycles. The van der Waals surface area contributed by atoms with Crippen LogP contribution in [0.25, 0.3) is 0 Å². The summed E-state index contributed by atoms with van der Waals surface area (Å²) in [5.74, 6) is -0.420. The second-order valence-electron chi connectivity index (χ2n) is 4.98. The highest BCUT2D eigenvalue weighted by molar-refractivity contribution is 6.30. The zero-order chi connectivity index (χ0) is 14.4. The molecule has 0 aliphatic carbocycles. The van der Waals surface area contributed by atoms with Gasteiger partial charge in [-0.25, -0.2) is 4.39 Å². The van der Waals surface area contributed by atoms with Gasteiger partial charge in [-0.05, 0) is 38.6 Å². The molecule has 1 N–H and O–H groups in total. The number of aliphatic hydroxyl groups is 1. The fraction of sp³-hybridized carbons (Fsp3) is 0.571. The summed E-state index contributed by atoms with van der Waals surface area (Å²) in [6.07, 6.45) is -0.449. The average Bonchev–Trinajstić information content (AvgIpc) is 2.31. The standard InChI is InChI=1S/C14H21ClFNO2/c1-10(2)19-9-12(18)8-17(3)7-11-4-5-13(15)14(16)6-11/h4-6,10,12,18H,7-9H2,1-3H3. The molecule has 1 aromatic rings. The van der Waals surface area contributed by atoms with Gasteiger partial charge in [-0.1, -0.05) is 17.7 Å². The van der Waals surface area contributed by atoms with Gasteiger partial charge in [0.2, 0.25) is 0 Å². The van der Waals surface area contributed by atoms with Crippen molar-refractivity contribution in [1.29, 1.82) is 0 Å². The summed E-state index contributed by atoms with van der Waals surface area (Å²) in [6.45, 7) is 5.17. The summed E-state index contributed by atoms with van der Waals surface area (Å²) < 4.78 is 18.6. The molecule has 0 aromatic heterocycles. The Bertz CT molecular complexity index is 401. The lowest BCUT2D eigenvalue weighted by Crippen LogP contribution is -2.32. The van der Waals surface area contributed by atoms with Crippen molar-refractivity contribution >= 4 is 11.6 Å². The smallest absolute Gasteiger partial charge is 0.142 e. The summed E-state index contributed by atoms with van der Waals surface area (Å²) in [5, 5.41) is 9.91. The van der Waals surface area contributed by atoms with Crippen LogP contribution in [0.3, 0.4) is 0 Å². The first-order valence-electron chi connectivity index (χ1n) is 6.30. The Morgan fingerprint density at radius 3 is 2.68 bits per heavy atom. The van der Waals surface area contributed by atoms with Gasteiger partial charge in [-0.2, -0.15) is 0 Å². The molecule has 0 aliphatic rings. The van der Waals surface area contributed by atoms with Crippen LogP contribution in [0.2, 0.25) is 5.02 Å². The Hall–Kier alpha value is -0.680. The third-order valence-corrected chi connectivity index (χ3v) is 2.89. The number of nitrogens with zero attached hydrogens (tertiary/aromatic N) is 1. The Morgan fingerprint density at radius 2 is 2.11 bits per heavy atom. The van der Waals surface area contributed by atoms with E-state index in [0.717, 1.165) is 5.56 Å². The largest absolute Gasteiger partial charge is 0.389 e. The van der Waals surface area contributed by atoms with Crippen molar-refractivity contribution in [3.05, 3.63) is 34.6 Å². The first-order valence-corrected chi connectivity index (χ1v) is 6.68. The Kier molecular flexibility index (Phi) is 6.72. The van der Waals surface area contributed by atoms with Crippen molar-refractivity contribution in [3.63, 3.8) is 0 Å². The molecule has 1 rings (SSSR count). The van der Waals surface area contributed by atoms with Crippen molar-refractivity contribution in [1.82, 2.24) is 4.90 Å². The fourth-order valence-electron chi connectivity index (χ4n) is 1.73. The molecule has 19 heavy (non-hydrogen) atoms. The van der Waals surface area contributed by atoms with Gasteiger partial charge in [0.25, 0.3) is 0 Å². The van der Waals surface area contributed by atoms with E-state index < -0.39 is 11.9 Å². The zero-order valence-electron chi connectivity index (χ0n) is 11.6. The first kappa shape index (κ1) is 16.4. The Labute approximate surface area is 118 Å². The molecule has 5 heteroatoms. The van der Waals surface area contributed by atoms with Gasteiger partial charge in [0.15, 0.2) is 0 Å². The first-order chi connectivity index (χ1) is 8.88. The number of likely N-dealkylation sites (N-methyl/N-ethyl adjacent to an activating group) is 1. The second-order valence-corrected chi connectivity index (χ2v) is 5.39. The predicted molar refractivity (Wildman–Crippen MR) is 74.8 cm³/mol. The summed E-state index contributed by atoms with van der Waals surface area (Å²) >= 11 is 5.63. The molecule has 0 saturated heterocycles. The SMILES string of the molecule is CC(C)OCC(O)CN(C)Cc1ccc(Cl)c(F)c1. The summed E-state index contributed by atoms with van der Waals surface area (Å²) in [7, 11) is 1.87. The van der Waals surface area contributed by atoms with Gasteiger partial charge < -0.3 is 9.84 Å². The van der Waals surface area contributed by atoms with Gasteiger partial charge in [-0.15, -0.1) is 0 Å². The van der Waals surface area contributed by atoms with Crippen molar-refractivity contribution in [2.75, 3.05) is 20.2 Å². The number of rotatable bonds is 7. The summed E-state index contributed by atoms with van der Waals surface area (Å²) in [4.78, 5) is 1.91. The molecule has 0 spiro atoms. The predicted octanol–water partition coefficient (Wildman–Crippen LogP) is 2.70.